The maximum Gasteiger partial charge on any atom is 0.238 e. The van der Waals surface area contributed by atoms with Crippen LogP contribution in [0.25, 0.3) is 0 Å². The van der Waals surface area contributed by atoms with Gasteiger partial charge in [-0.05, 0) is 45.8 Å². The topological polar surface area (TPSA) is 61.6 Å². The number of nitrogens with zero attached hydrogens (tertiary/aromatic N) is 2. The Labute approximate surface area is 116 Å². The van der Waals surface area contributed by atoms with Gasteiger partial charge in [-0.25, -0.2) is 0 Å². The van der Waals surface area contributed by atoms with E-state index >= 15 is 0 Å². The van der Waals surface area contributed by atoms with E-state index < -0.39 is 5.54 Å². The molecule has 2 atom stereocenters. The van der Waals surface area contributed by atoms with Gasteiger partial charge >= 0.3 is 0 Å². The first-order valence-electron chi connectivity index (χ1n) is 7.48. The van der Waals surface area contributed by atoms with Crippen molar-refractivity contribution >= 4 is 5.91 Å². The van der Waals surface area contributed by atoms with E-state index in [2.05, 4.69) is 22.2 Å². The lowest BCUT2D eigenvalue weighted by Gasteiger charge is -2.36. The summed E-state index contributed by atoms with van der Waals surface area (Å²) in [5, 5.41) is 3.22. The van der Waals surface area contributed by atoms with Gasteiger partial charge < -0.3 is 20.9 Å². The summed E-state index contributed by atoms with van der Waals surface area (Å²) in [6.07, 6.45) is 4.20. The summed E-state index contributed by atoms with van der Waals surface area (Å²) >= 11 is 0. The van der Waals surface area contributed by atoms with E-state index in [1.165, 1.54) is 0 Å². The van der Waals surface area contributed by atoms with Gasteiger partial charge in [0.05, 0.1) is 0 Å². The summed E-state index contributed by atoms with van der Waals surface area (Å²) in [7, 11) is 4.05. The van der Waals surface area contributed by atoms with Gasteiger partial charge in [0.2, 0.25) is 5.91 Å². The molecule has 110 valence electrons. The zero-order chi connectivity index (χ0) is 13.9. The Morgan fingerprint density at radius 2 is 2.05 bits per heavy atom. The predicted molar refractivity (Wildman–Crippen MR) is 76.9 cm³/mol. The second-order valence-electron chi connectivity index (χ2n) is 6.11. The minimum Gasteiger partial charge on any atom is -0.368 e. The number of piperazine rings is 1. The van der Waals surface area contributed by atoms with Crippen molar-refractivity contribution < 1.29 is 4.79 Å². The molecule has 5 heteroatoms. The van der Waals surface area contributed by atoms with E-state index in [0.717, 1.165) is 58.4 Å². The molecule has 2 aliphatic rings. The Bertz CT molecular complexity index is 315. The van der Waals surface area contributed by atoms with Crippen LogP contribution >= 0.6 is 0 Å². The van der Waals surface area contributed by atoms with E-state index in [-0.39, 0.29) is 5.91 Å². The molecule has 2 rings (SSSR count). The average molecular weight is 268 g/mol. The second kappa shape index (κ2) is 6.20. The van der Waals surface area contributed by atoms with Gasteiger partial charge in [-0.2, -0.15) is 0 Å². The highest BCUT2D eigenvalue weighted by atomic mass is 16.1. The van der Waals surface area contributed by atoms with Crippen LogP contribution in [-0.4, -0.2) is 68.1 Å². The van der Waals surface area contributed by atoms with Crippen molar-refractivity contribution in [3.63, 3.8) is 0 Å². The number of carbonyl (C=O) groups is 1. The first-order valence-corrected chi connectivity index (χ1v) is 7.48. The molecule has 1 amide bonds. The lowest BCUT2D eigenvalue weighted by Crippen LogP contribution is -2.57. The predicted octanol–water partition coefficient (Wildman–Crippen LogP) is -0.132. The first-order chi connectivity index (χ1) is 9.08. The Balaban J connectivity index is 1.86. The van der Waals surface area contributed by atoms with Crippen molar-refractivity contribution in [2.45, 2.75) is 31.2 Å². The van der Waals surface area contributed by atoms with E-state index in [4.69, 9.17) is 5.73 Å². The Hall–Kier alpha value is -0.650. The molecule has 1 heterocycles. The minimum atomic E-state index is -0.452. The van der Waals surface area contributed by atoms with E-state index in [9.17, 15) is 4.79 Å². The molecule has 1 saturated heterocycles. The van der Waals surface area contributed by atoms with Gasteiger partial charge in [-0.3, -0.25) is 4.79 Å². The summed E-state index contributed by atoms with van der Waals surface area (Å²) in [5.41, 5.74) is 5.19. The second-order valence-corrected chi connectivity index (χ2v) is 6.11. The van der Waals surface area contributed by atoms with Crippen molar-refractivity contribution in [3.8, 4) is 0 Å². The highest BCUT2D eigenvalue weighted by molar-refractivity contribution is 5.85. The third-order valence-electron chi connectivity index (χ3n) is 5.10. The number of carbonyl (C=O) groups excluding carboxylic acids is 1. The summed E-state index contributed by atoms with van der Waals surface area (Å²) in [6, 6.07) is 0. The molecule has 1 aliphatic heterocycles. The van der Waals surface area contributed by atoms with Crippen molar-refractivity contribution in [3.05, 3.63) is 0 Å². The molecule has 5 nitrogen and oxygen atoms in total. The molecule has 2 unspecified atom stereocenters. The number of primary amides is 1. The number of rotatable bonds is 5. The van der Waals surface area contributed by atoms with Crippen LogP contribution in [0, 0.1) is 5.92 Å². The molecule has 1 aliphatic carbocycles. The molecule has 0 radical (unpaired) electrons. The number of nitrogens with one attached hydrogen (secondary N) is 1. The molecule has 0 spiro atoms. The molecular formula is C14H28N4O. The molecule has 0 aromatic heterocycles. The van der Waals surface area contributed by atoms with Crippen LogP contribution in [0.3, 0.4) is 0 Å². The zero-order valence-corrected chi connectivity index (χ0v) is 12.3. The van der Waals surface area contributed by atoms with Crippen LogP contribution < -0.4 is 11.1 Å². The molecular weight excluding hydrogens is 240 g/mol. The van der Waals surface area contributed by atoms with Gasteiger partial charge in [0.25, 0.3) is 0 Å². The van der Waals surface area contributed by atoms with Gasteiger partial charge in [0.1, 0.15) is 5.54 Å². The zero-order valence-electron chi connectivity index (χ0n) is 12.3. The third kappa shape index (κ3) is 3.09. The Morgan fingerprint density at radius 1 is 1.37 bits per heavy atom. The third-order valence-corrected chi connectivity index (χ3v) is 5.10. The molecule has 0 aromatic rings. The average Bonchev–Trinajstić information content (AvgIpc) is 2.82. The Morgan fingerprint density at radius 3 is 2.63 bits per heavy atom. The molecule has 2 fully saturated rings. The first kappa shape index (κ1) is 14.8. The minimum absolute atomic E-state index is 0.170. The maximum atomic E-state index is 11.8. The number of amides is 1. The highest BCUT2D eigenvalue weighted by Crippen LogP contribution is 2.37. The van der Waals surface area contributed by atoms with Crippen LogP contribution in [0.1, 0.15) is 25.7 Å². The fourth-order valence-electron chi connectivity index (χ4n) is 3.66. The lowest BCUT2D eigenvalue weighted by molar-refractivity contribution is -0.125. The molecule has 19 heavy (non-hydrogen) atoms. The summed E-state index contributed by atoms with van der Waals surface area (Å²) in [6.45, 7) is 5.68. The van der Waals surface area contributed by atoms with Crippen molar-refractivity contribution in [1.29, 1.82) is 0 Å². The number of likely N-dealkylation sites (N-methyl/N-ethyl adjacent to an activating group) is 2. The van der Waals surface area contributed by atoms with Crippen LogP contribution in [0.4, 0.5) is 0 Å². The fourth-order valence-corrected chi connectivity index (χ4v) is 3.66. The SMILES string of the molecule is CNC1(C(N)=O)CCCC1CCN1CCN(C)CC1. The standard InChI is InChI=1S/C14H28N4O/c1-16-14(13(15)19)6-3-4-12(14)5-7-18-10-8-17(2)9-11-18/h12,16H,3-11H2,1-2H3,(H2,15,19). The quantitative estimate of drug-likeness (QED) is 0.729. The fraction of sp³-hybridized carbons (Fsp3) is 0.929. The van der Waals surface area contributed by atoms with Gasteiger partial charge in [0, 0.05) is 26.2 Å². The van der Waals surface area contributed by atoms with Crippen molar-refractivity contribution in [2.75, 3.05) is 46.8 Å². The summed E-state index contributed by atoms with van der Waals surface area (Å²) < 4.78 is 0. The van der Waals surface area contributed by atoms with Gasteiger partial charge in [-0.15, -0.1) is 0 Å². The van der Waals surface area contributed by atoms with Crippen LogP contribution in [-0.2, 0) is 4.79 Å². The van der Waals surface area contributed by atoms with E-state index in [1.807, 2.05) is 7.05 Å². The summed E-state index contributed by atoms with van der Waals surface area (Å²) in [4.78, 5) is 16.7. The smallest absolute Gasteiger partial charge is 0.238 e. The number of hydrogen-bond donors (Lipinski definition) is 2. The lowest BCUT2D eigenvalue weighted by atomic mass is 9.84. The van der Waals surface area contributed by atoms with Crippen LogP contribution in [0.2, 0.25) is 0 Å². The van der Waals surface area contributed by atoms with Crippen LogP contribution in [0.5, 0.6) is 0 Å². The number of hydrogen-bond acceptors (Lipinski definition) is 4. The van der Waals surface area contributed by atoms with E-state index in [1.54, 1.807) is 0 Å². The Kier molecular flexibility index (Phi) is 4.81. The van der Waals surface area contributed by atoms with Crippen molar-refractivity contribution in [1.82, 2.24) is 15.1 Å². The molecule has 3 N–H and O–H groups in total. The maximum absolute atomic E-state index is 11.8. The van der Waals surface area contributed by atoms with Crippen molar-refractivity contribution in [2.24, 2.45) is 11.7 Å². The molecule has 1 saturated carbocycles. The van der Waals surface area contributed by atoms with E-state index in [0.29, 0.717) is 5.92 Å². The summed E-state index contributed by atoms with van der Waals surface area (Å²) in [5.74, 6) is 0.227. The van der Waals surface area contributed by atoms with Gasteiger partial charge in [0.15, 0.2) is 0 Å². The number of nitrogens with two attached hydrogens (primary N) is 1. The van der Waals surface area contributed by atoms with Crippen LogP contribution in [0.15, 0.2) is 0 Å². The molecule has 0 aromatic carbocycles. The normalized spacial score (nSPS) is 33.7. The largest absolute Gasteiger partial charge is 0.368 e. The molecule has 0 bridgehead atoms. The monoisotopic (exact) mass is 268 g/mol. The highest BCUT2D eigenvalue weighted by Gasteiger charge is 2.46. The van der Waals surface area contributed by atoms with Gasteiger partial charge in [-0.1, -0.05) is 6.42 Å².